The molecule has 4 heterocycles. The second-order valence-corrected chi connectivity index (χ2v) is 9.75. The van der Waals surface area contributed by atoms with Gasteiger partial charge in [0.1, 0.15) is 5.82 Å². The highest BCUT2D eigenvalue weighted by atomic mass is 19.4. The number of benzene rings is 1. The number of halogens is 3. The third-order valence-corrected chi connectivity index (χ3v) is 7.32. The number of para-hydroxylation sites is 1. The maximum absolute atomic E-state index is 13.2. The van der Waals surface area contributed by atoms with Crippen LogP contribution in [0.25, 0.3) is 16.5 Å². The van der Waals surface area contributed by atoms with Gasteiger partial charge in [-0.3, -0.25) is 9.69 Å². The molecule has 1 aromatic carbocycles. The van der Waals surface area contributed by atoms with Gasteiger partial charge in [0.05, 0.1) is 12.1 Å². The quantitative estimate of drug-likeness (QED) is 0.563. The number of H-pyrrole nitrogens is 1. The number of rotatable bonds is 4. The van der Waals surface area contributed by atoms with Crippen LogP contribution in [-0.2, 0) is 11.0 Å². The Balaban J connectivity index is 1.19. The van der Waals surface area contributed by atoms with Crippen molar-refractivity contribution in [2.45, 2.75) is 38.5 Å². The van der Waals surface area contributed by atoms with Crippen molar-refractivity contribution in [3.8, 4) is 0 Å². The van der Waals surface area contributed by atoms with Crippen molar-refractivity contribution < 1.29 is 18.0 Å². The van der Waals surface area contributed by atoms with Crippen molar-refractivity contribution in [1.29, 1.82) is 0 Å². The summed E-state index contributed by atoms with van der Waals surface area (Å²) >= 11 is 0. The molecule has 2 unspecified atom stereocenters. The van der Waals surface area contributed by atoms with E-state index in [0.717, 1.165) is 24.2 Å². The molecule has 1 fully saturated rings. The van der Waals surface area contributed by atoms with Crippen LogP contribution in [0.5, 0.6) is 0 Å². The Bertz CT molecular complexity index is 1250. The van der Waals surface area contributed by atoms with Crippen LogP contribution in [0.2, 0.25) is 0 Å². The molecule has 3 aromatic rings. The summed E-state index contributed by atoms with van der Waals surface area (Å²) in [6.07, 6.45) is 1.49. The number of pyridine rings is 1. The molecule has 0 radical (unpaired) electrons. The number of fused-ring (bicyclic) bond motifs is 1. The number of aromatic nitrogens is 2. The van der Waals surface area contributed by atoms with Gasteiger partial charge in [-0.25, -0.2) is 4.98 Å². The van der Waals surface area contributed by atoms with E-state index in [-0.39, 0.29) is 18.0 Å². The molecule has 1 N–H and O–H groups in total. The zero-order chi connectivity index (χ0) is 25.4. The first-order chi connectivity index (χ1) is 17.2. The molecule has 6 nitrogen and oxygen atoms in total. The number of nitrogens with one attached hydrogen (secondary N) is 1. The number of carbonyl (C=O) groups is 1. The van der Waals surface area contributed by atoms with E-state index in [1.807, 2.05) is 42.0 Å². The largest absolute Gasteiger partial charge is 0.417 e. The minimum atomic E-state index is -4.40. The average molecular weight is 498 g/mol. The third-order valence-electron chi connectivity index (χ3n) is 7.32. The van der Waals surface area contributed by atoms with E-state index < -0.39 is 11.7 Å². The molecule has 0 aliphatic carbocycles. The van der Waals surface area contributed by atoms with Crippen LogP contribution in [0.4, 0.5) is 19.0 Å². The summed E-state index contributed by atoms with van der Waals surface area (Å²) in [7, 11) is 0. The van der Waals surface area contributed by atoms with E-state index in [0.29, 0.717) is 38.5 Å². The number of amides is 1. The van der Waals surface area contributed by atoms with Crippen LogP contribution in [0.1, 0.15) is 31.4 Å². The highest BCUT2D eigenvalue weighted by Gasteiger charge is 2.34. The van der Waals surface area contributed by atoms with Crippen LogP contribution in [0, 0.1) is 0 Å². The highest BCUT2D eigenvalue weighted by Crippen LogP contribution is 2.31. The summed E-state index contributed by atoms with van der Waals surface area (Å²) in [4.78, 5) is 26.6. The minimum Gasteiger partial charge on any atom is -0.361 e. The lowest BCUT2D eigenvalue weighted by Crippen LogP contribution is -2.59. The Morgan fingerprint density at radius 3 is 2.50 bits per heavy atom. The van der Waals surface area contributed by atoms with Gasteiger partial charge in [0.25, 0.3) is 0 Å². The zero-order valence-corrected chi connectivity index (χ0v) is 20.4. The molecule has 1 saturated heterocycles. The van der Waals surface area contributed by atoms with Crippen molar-refractivity contribution in [3.63, 3.8) is 0 Å². The molecular weight excluding hydrogens is 467 g/mol. The van der Waals surface area contributed by atoms with Gasteiger partial charge >= 0.3 is 6.18 Å². The maximum Gasteiger partial charge on any atom is 0.417 e. The Morgan fingerprint density at radius 2 is 1.86 bits per heavy atom. The monoisotopic (exact) mass is 497 g/mol. The van der Waals surface area contributed by atoms with Gasteiger partial charge in [-0.15, -0.1) is 0 Å². The summed E-state index contributed by atoms with van der Waals surface area (Å²) in [5.74, 6) is 0.627. The van der Waals surface area contributed by atoms with E-state index in [2.05, 4.69) is 33.1 Å². The van der Waals surface area contributed by atoms with Crippen molar-refractivity contribution in [3.05, 3.63) is 66.0 Å². The van der Waals surface area contributed by atoms with E-state index in [4.69, 9.17) is 0 Å². The molecular formula is C27H30F3N5O. The Labute approximate surface area is 208 Å². The summed E-state index contributed by atoms with van der Waals surface area (Å²) in [6.45, 7) is 6.89. The van der Waals surface area contributed by atoms with Crippen LogP contribution in [0.15, 0.2) is 54.9 Å². The molecule has 2 aromatic heterocycles. The molecule has 0 saturated carbocycles. The summed E-state index contributed by atoms with van der Waals surface area (Å²) in [5, 5.41) is 1.20. The topological polar surface area (TPSA) is 55.5 Å². The summed E-state index contributed by atoms with van der Waals surface area (Å²) in [5.41, 5.74) is 2.82. The standard InChI is InChI=1S/C27H30F3N5O/c1-18-15-34(25-8-7-21(13-32-25)27(28,29)30)16-19(2)35(18)17-26(36)33-11-9-20(10-12-33)23-14-31-24-6-4-3-5-22(23)24/h3-9,13-14,18-19,31H,10-12,15-17H2,1-2H3. The van der Waals surface area contributed by atoms with Crippen LogP contribution in [-0.4, -0.2) is 70.5 Å². The van der Waals surface area contributed by atoms with Gasteiger partial charge in [-0.05, 0) is 44.0 Å². The first-order valence-corrected chi connectivity index (χ1v) is 12.3. The number of nitrogens with zero attached hydrogens (tertiary/aromatic N) is 4. The van der Waals surface area contributed by atoms with E-state index in [1.165, 1.54) is 22.6 Å². The molecule has 2 atom stereocenters. The number of hydrogen-bond acceptors (Lipinski definition) is 4. The smallest absolute Gasteiger partial charge is 0.361 e. The zero-order valence-electron chi connectivity index (χ0n) is 20.4. The van der Waals surface area contributed by atoms with Crippen LogP contribution >= 0.6 is 0 Å². The van der Waals surface area contributed by atoms with Crippen molar-refractivity contribution in [2.24, 2.45) is 0 Å². The predicted molar refractivity (Wildman–Crippen MR) is 135 cm³/mol. The van der Waals surface area contributed by atoms with Crippen molar-refractivity contribution in [2.75, 3.05) is 37.6 Å². The van der Waals surface area contributed by atoms with Crippen molar-refractivity contribution in [1.82, 2.24) is 19.8 Å². The fourth-order valence-corrected chi connectivity index (χ4v) is 5.33. The van der Waals surface area contributed by atoms with E-state index >= 15 is 0 Å². The van der Waals surface area contributed by atoms with Crippen LogP contribution < -0.4 is 4.90 Å². The number of carbonyl (C=O) groups excluding carboxylic acids is 1. The number of hydrogen-bond donors (Lipinski definition) is 1. The number of anilines is 1. The SMILES string of the molecule is CC1CN(c2ccc(C(F)(F)F)cn2)CC(C)N1CC(=O)N1CC=C(c2c[nH]c3ccccc23)CC1. The second kappa shape index (κ2) is 9.61. The summed E-state index contributed by atoms with van der Waals surface area (Å²) in [6, 6.07) is 10.8. The summed E-state index contributed by atoms with van der Waals surface area (Å²) < 4.78 is 38.6. The van der Waals surface area contributed by atoms with Gasteiger partial charge in [-0.2, -0.15) is 13.2 Å². The van der Waals surface area contributed by atoms with Gasteiger partial charge in [-0.1, -0.05) is 24.3 Å². The number of alkyl halides is 3. The molecule has 0 bridgehead atoms. The second-order valence-electron chi connectivity index (χ2n) is 9.75. The molecule has 36 heavy (non-hydrogen) atoms. The first-order valence-electron chi connectivity index (χ1n) is 12.3. The Hall–Kier alpha value is -3.33. The molecule has 2 aliphatic rings. The molecule has 5 rings (SSSR count). The lowest BCUT2D eigenvalue weighted by molar-refractivity contribution is -0.137. The maximum atomic E-state index is 13.2. The van der Waals surface area contributed by atoms with Gasteiger partial charge in [0.15, 0.2) is 0 Å². The predicted octanol–water partition coefficient (Wildman–Crippen LogP) is 4.80. The normalized spacial score (nSPS) is 21.6. The molecule has 1 amide bonds. The average Bonchev–Trinajstić information content (AvgIpc) is 3.30. The lowest BCUT2D eigenvalue weighted by atomic mass is 9.99. The molecule has 0 spiro atoms. The number of piperazine rings is 1. The molecule has 2 aliphatic heterocycles. The third kappa shape index (κ3) is 4.84. The highest BCUT2D eigenvalue weighted by molar-refractivity contribution is 5.93. The number of aromatic amines is 1. The fraction of sp³-hybridized carbons (Fsp3) is 0.407. The van der Waals surface area contributed by atoms with Crippen LogP contribution in [0.3, 0.4) is 0 Å². The lowest BCUT2D eigenvalue weighted by Gasteiger charge is -2.45. The van der Waals surface area contributed by atoms with Crippen molar-refractivity contribution >= 4 is 28.2 Å². The molecule has 190 valence electrons. The van der Waals surface area contributed by atoms with Gasteiger partial charge in [0, 0.05) is 67.1 Å². The molecule has 9 heteroatoms. The Kier molecular flexibility index (Phi) is 6.51. The Morgan fingerprint density at radius 1 is 1.11 bits per heavy atom. The van der Waals surface area contributed by atoms with E-state index in [9.17, 15) is 18.0 Å². The minimum absolute atomic E-state index is 0.0592. The first kappa shape index (κ1) is 24.4. The van der Waals surface area contributed by atoms with Gasteiger partial charge in [0.2, 0.25) is 5.91 Å². The van der Waals surface area contributed by atoms with E-state index in [1.54, 1.807) is 0 Å². The van der Waals surface area contributed by atoms with Gasteiger partial charge < -0.3 is 14.8 Å². The fourth-order valence-electron chi connectivity index (χ4n) is 5.33.